The minimum Gasteiger partial charge on any atom is -0.494 e. The van der Waals surface area contributed by atoms with Crippen LogP contribution in [-0.4, -0.2) is 22.7 Å². The van der Waals surface area contributed by atoms with E-state index < -0.39 is 5.91 Å². The van der Waals surface area contributed by atoms with Crippen LogP contribution in [0, 0.1) is 13.8 Å². The highest BCUT2D eigenvalue weighted by Crippen LogP contribution is 2.32. The van der Waals surface area contributed by atoms with Crippen molar-refractivity contribution in [1.29, 1.82) is 0 Å². The van der Waals surface area contributed by atoms with Gasteiger partial charge >= 0.3 is 11.8 Å². The van der Waals surface area contributed by atoms with E-state index in [0.29, 0.717) is 12.4 Å². The Morgan fingerprint density at radius 1 is 1.10 bits per heavy atom. The minimum atomic E-state index is -0.459. The molecular weight excluding hydrogens is 370 g/mol. The number of carbonyl (C=O) groups is 1. The maximum absolute atomic E-state index is 12.5. The third-order valence-corrected chi connectivity index (χ3v) is 4.62. The van der Waals surface area contributed by atoms with Gasteiger partial charge in [0.15, 0.2) is 5.76 Å². The third-order valence-electron chi connectivity index (χ3n) is 4.62. The number of benzene rings is 2. The van der Waals surface area contributed by atoms with Gasteiger partial charge in [0.05, 0.1) is 6.61 Å². The van der Waals surface area contributed by atoms with Crippen molar-refractivity contribution >= 4 is 16.9 Å². The molecule has 0 atom stereocenters. The summed E-state index contributed by atoms with van der Waals surface area (Å²) in [5.41, 5.74) is 3.63. The molecule has 0 fully saturated rings. The Bertz CT molecular complexity index is 1180. The van der Waals surface area contributed by atoms with Gasteiger partial charge < -0.3 is 18.9 Å². The van der Waals surface area contributed by atoms with Gasteiger partial charge in [0, 0.05) is 23.1 Å². The number of hydrogen-bond acceptors (Lipinski definition) is 6. The molecule has 0 radical (unpaired) electrons. The first-order chi connectivity index (χ1) is 14.1. The van der Waals surface area contributed by atoms with E-state index in [1.807, 2.05) is 63.2 Å². The molecule has 2 aromatic carbocycles. The fourth-order valence-electron chi connectivity index (χ4n) is 3.14. The molecule has 2 aromatic heterocycles. The van der Waals surface area contributed by atoms with E-state index in [1.165, 1.54) is 0 Å². The highest BCUT2D eigenvalue weighted by molar-refractivity contribution is 5.90. The molecule has 1 amide bonds. The molecule has 0 spiro atoms. The first-order valence-corrected chi connectivity index (χ1v) is 9.39. The average molecular weight is 391 g/mol. The van der Waals surface area contributed by atoms with Crippen molar-refractivity contribution in [3.05, 3.63) is 65.0 Å². The first-order valence-electron chi connectivity index (χ1n) is 9.39. The summed E-state index contributed by atoms with van der Waals surface area (Å²) < 4.78 is 17.0. The second-order valence-electron chi connectivity index (χ2n) is 6.69. The van der Waals surface area contributed by atoms with Gasteiger partial charge in [-0.15, -0.1) is 10.2 Å². The normalized spacial score (nSPS) is 11.0. The van der Waals surface area contributed by atoms with Crippen LogP contribution >= 0.6 is 0 Å². The van der Waals surface area contributed by atoms with Gasteiger partial charge in [-0.25, -0.2) is 0 Å². The lowest BCUT2D eigenvalue weighted by atomic mass is 10.1. The van der Waals surface area contributed by atoms with Crippen molar-refractivity contribution in [1.82, 2.24) is 15.5 Å². The first kappa shape index (κ1) is 18.7. The van der Waals surface area contributed by atoms with Crippen LogP contribution in [0.3, 0.4) is 0 Å². The number of aryl methyl sites for hydroxylation is 2. The van der Waals surface area contributed by atoms with Crippen LogP contribution in [0.25, 0.3) is 22.6 Å². The Balaban J connectivity index is 1.52. The van der Waals surface area contributed by atoms with Crippen molar-refractivity contribution in [2.45, 2.75) is 27.3 Å². The number of carbonyl (C=O) groups excluding carboxylic acids is 1. The summed E-state index contributed by atoms with van der Waals surface area (Å²) in [5.74, 6) is 0.800. The summed E-state index contributed by atoms with van der Waals surface area (Å²) in [4.78, 5) is 12.5. The van der Waals surface area contributed by atoms with E-state index in [2.05, 4.69) is 15.5 Å². The van der Waals surface area contributed by atoms with Crippen molar-refractivity contribution in [2.24, 2.45) is 0 Å². The van der Waals surface area contributed by atoms with Gasteiger partial charge in [-0.1, -0.05) is 29.8 Å². The maximum atomic E-state index is 12.5. The molecule has 29 heavy (non-hydrogen) atoms. The van der Waals surface area contributed by atoms with E-state index in [1.54, 1.807) is 0 Å². The third kappa shape index (κ3) is 3.71. The molecule has 7 nitrogen and oxygen atoms in total. The smallest absolute Gasteiger partial charge is 0.309 e. The topological polar surface area (TPSA) is 90.4 Å². The molecule has 0 aliphatic rings. The number of rotatable bonds is 6. The number of para-hydroxylation sites is 1. The maximum Gasteiger partial charge on any atom is 0.309 e. The van der Waals surface area contributed by atoms with Crippen LogP contribution in [0.5, 0.6) is 5.75 Å². The number of fused-ring (bicyclic) bond motifs is 1. The van der Waals surface area contributed by atoms with Crippen molar-refractivity contribution in [2.75, 3.05) is 6.61 Å². The van der Waals surface area contributed by atoms with Crippen molar-refractivity contribution < 1.29 is 18.4 Å². The summed E-state index contributed by atoms with van der Waals surface area (Å²) in [6.45, 7) is 6.69. The van der Waals surface area contributed by atoms with Crippen LogP contribution in [-0.2, 0) is 6.54 Å². The zero-order chi connectivity index (χ0) is 20.4. The van der Waals surface area contributed by atoms with Gasteiger partial charge in [-0.2, -0.15) is 0 Å². The number of aromatic nitrogens is 2. The van der Waals surface area contributed by atoms with Crippen molar-refractivity contribution in [3.63, 3.8) is 0 Å². The molecule has 0 unspecified atom stereocenters. The summed E-state index contributed by atoms with van der Waals surface area (Å²) in [7, 11) is 0. The summed E-state index contributed by atoms with van der Waals surface area (Å²) in [6.07, 6.45) is 0. The van der Waals surface area contributed by atoms with Crippen LogP contribution in [0.4, 0.5) is 0 Å². The second-order valence-corrected chi connectivity index (χ2v) is 6.69. The standard InChI is InChI=1S/C22H21N3O4/c1-4-27-17-8-6-5-7-15(17)12-23-20(26)22-25-24-21(29-22)19-14(3)16-11-13(2)9-10-18(16)28-19/h5-11H,4,12H2,1-3H3,(H,23,26). The molecule has 0 saturated heterocycles. The molecule has 0 aliphatic carbocycles. The SMILES string of the molecule is CCOc1ccccc1CNC(=O)c1nnc(-c2oc3ccc(C)cc3c2C)o1. The average Bonchev–Trinajstić information content (AvgIpc) is 3.33. The molecule has 0 aliphatic heterocycles. The number of nitrogens with one attached hydrogen (secondary N) is 1. The van der Waals surface area contributed by atoms with Gasteiger partial charge in [0.1, 0.15) is 11.3 Å². The van der Waals surface area contributed by atoms with E-state index in [4.69, 9.17) is 13.6 Å². The van der Waals surface area contributed by atoms with Crippen LogP contribution < -0.4 is 10.1 Å². The molecule has 1 N–H and O–H groups in total. The van der Waals surface area contributed by atoms with Gasteiger partial charge in [0.2, 0.25) is 0 Å². The molecule has 2 heterocycles. The predicted octanol–water partition coefficient (Wildman–Crippen LogP) is 4.43. The Morgan fingerprint density at radius 2 is 1.93 bits per heavy atom. The van der Waals surface area contributed by atoms with E-state index >= 15 is 0 Å². The molecule has 4 aromatic rings. The highest BCUT2D eigenvalue weighted by Gasteiger charge is 2.21. The molecule has 0 bridgehead atoms. The molecule has 4 rings (SSSR count). The lowest BCUT2D eigenvalue weighted by Crippen LogP contribution is -2.23. The van der Waals surface area contributed by atoms with E-state index in [0.717, 1.165) is 33.4 Å². The Morgan fingerprint density at radius 3 is 2.76 bits per heavy atom. The zero-order valence-corrected chi connectivity index (χ0v) is 16.5. The zero-order valence-electron chi connectivity index (χ0n) is 16.5. The fourth-order valence-corrected chi connectivity index (χ4v) is 3.14. The van der Waals surface area contributed by atoms with E-state index in [9.17, 15) is 4.79 Å². The summed E-state index contributed by atoms with van der Waals surface area (Å²) in [5, 5.41) is 11.6. The van der Waals surface area contributed by atoms with Gasteiger partial charge in [0.25, 0.3) is 5.89 Å². The summed E-state index contributed by atoms with van der Waals surface area (Å²) in [6, 6.07) is 13.4. The molecular formula is C22H21N3O4. The predicted molar refractivity (Wildman–Crippen MR) is 108 cm³/mol. The minimum absolute atomic E-state index is 0.120. The van der Waals surface area contributed by atoms with Crippen LogP contribution in [0.15, 0.2) is 51.3 Å². The Labute approximate surface area is 167 Å². The summed E-state index contributed by atoms with van der Waals surface area (Å²) >= 11 is 0. The van der Waals surface area contributed by atoms with E-state index in [-0.39, 0.29) is 18.3 Å². The lowest BCUT2D eigenvalue weighted by Gasteiger charge is -2.09. The number of amides is 1. The highest BCUT2D eigenvalue weighted by atomic mass is 16.5. The molecule has 7 heteroatoms. The fraction of sp³-hybridized carbons (Fsp3) is 0.227. The number of nitrogens with zero attached hydrogens (tertiary/aromatic N) is 2. The van der Waals surface area contributed by atoms with Crippen LogP contribution in [0.2, 0.25) is 0 Å². The quantitative estimate of drug-likeness (QED) is 0.523. The lowest BCUT2D eigenvalue weighted by molar-refractivity contribution is 0.0916. The molecule has 148 valence electrons. The number of ether oxygens (including phenoxy) is 1. The monoisotopic (exact) mass is 391 g/mol. The van der Waals surface area contributed by atoms with Gasteiger partial charge in [-0.05, 0) is 39.0 Å². The number of hydrogen-bond donors (Lipinski definition) is 1. The Hall–Kier alpha value is -3.61. The van der Waals surface area contributed by atoms with Crippen molar-refractivity contribution in [3.8, 4) is 17.4 Å². The molecule has 0 saturated carbocycles. The second kappa shape index (κ2) is 7.79. The Kier molecular flexibility index (Phi) is 5.03. The number of furan rings is 1. The van der Waals surface area contributed by atoms with Gasteiger partial charge in [-0.3, -0.25) is 4.79 Å². The van der Waals surface area contributed by atoms with Crippen LogP contribution in [0.1, 0.15) is 34.3 Å². The largest absolute Gasteiger partial charge is 0.494 e.